The molecule has 1 aromatic rings. The number of rotatable bonds is 9. The lowest BCUT2D eigenvalue weighted by Crippen LogP contribution is -2.51. The summed E-state index contributed by atoms with van der Waals surface area (Å²) in [6.45, 7) is 3.34. The van der Waals surface area contributed by atoms with Gasteiger partial charge in [0.25, 0.3) is 5.91 Å². The smallest absolute Gasteiger partial charge is 0.263 e. The van der Waals surface area contributed by atoms with Crippen LogP contribution in [0.5, 0.6) is 5.75 Å². The van der Waals surface area contributed by atoms with E-state index >= 15 is 0 Å². The van der Waals surface area contributed by atoms with Gasteiger partial charge in [0.05, 0.1) is 12.6 Å². The SMILES string of the molecule is CSCC[C@@H](CO)NC(=O)C(C)(C)Oc1ccc(C2CC2(Cl)Cl)cc1. The van der Waals surface area contributed by atoms with Gasteiger partial charge in [0, 0.05) is 5.92 Å². The van der Waals surface area contributed by atoms with Crippen LogP contribution in [0.2, 0.25) is 0 Å². The molecule has 0 bridgehead atoms. The molecule has 1 saturated carbocycles. The number of thioether (sulfide) groups is 1. The third kappa shape index (κ3) is 5.68. The molecule has 1 unspecified atom stereocenters. The molecule has 0 radical (unpaired) electrons. The van der Waals surface area contributed by atoms with Crippen molar-refractivity contribution in [2.75, 3.05) is 18.6 Å². The Bertz CT molecular complexity index is 592. The highest BCUT2D eigenvalue weighted by Gasteiger charge is 2.52. The number of nitrogens with one attached hydrogen (secondary N) is 1. The van der Waals surface area contributed by atoms with Crippen molar-refractivity contribution in [3.63, 3.8) is 0 Å². The Balaban J connectivity index is 1.94. The van der Waals surface area contributed by atoms with E-state index in [0.29, 0.717) is 12.2 Å². The summed E-state index contributed by atoms with van der Waals surface area (Å²) in [5.41, 5.74) is 0.0216. The molecule has 25 heavy (non-hydrogen) atoms. The molecule has 2 atom stereocenters. The Hall–Kier alpha value is -0.620. The molecule has 1 aliphatic rings. The zero-order chi connectivity index (χ0) is 18.7. The molecule has 1 amide bonds. The largest absolute Gasteiger partial charge is 0.478 e. The van der Waals surface area contributed by atoms with Crippen LogP contribution in [0.25, 0.3) is 0 Å². The highest BCUT2D eigenvalue weighted by molar-refractivity contribution is 7.98. The van der Waals surface area contributed by atoms with Crippen molar-refractivity contribution in [1.29, 1.82) is 0 Å². The Labute approximate surface area is 163 Å². The number of carbonyl (C=O) groups is 1. The van der Waals surface area contributed by atoms with Crippen molar-refractivity contribution in [2.24, 2.45) is 0 Å². The predicted octanol–water partition coefficient (Wildman–Crippen LogP) is 3.74. The molecule has 1 aliphatic carbocycles. The molecule has 0 aromatic heterocycles. The van der Waals surface area contributed by atoms with Gasteiger partial charge in [-0.25, -0.2) is 0 Å². The van der Waals surface area contributed by atoms with E-state index in [1.54, 1.807) is 25.6 Å². The Morgan fingerprint density at radius 2 is 2.04 bits per heavy atom. The van der Waals surface area contributed by atoms with E-state index in [2.05, 4.69) is 5.32 Å². The maximum atomic E-state index is 12.5. The van der Waals surface area contributed by atoms with E-state index in [4.69, 9.17) is 27.9 Å². The maximum Gasteiger partial charge on any atom is 0.263 e. The van der Waals surface area contributed by atoms with Gasteiger partial charge in [-0.15, -0.1) is 23.2 Å². The first-order chi connectivity index (χ1) is 11.7. The van der Waals surface area contributed by atoms with Crippen molar-refractivity contribution in [1.82, 2.24) is 5.32 Å². The first-order valence-electron chi connectivity index (χ1n) is 8.27. The van der Waals surface area contributed by atoms with Crippen molar-refractivity contribution in [2.45, 2.75) is 48.6 Å². The predicted molar refractivity (Wildman–Crippen MR) is 105 cm³/mol. The third-order valence-corrected chi connectivity index (χ3v) is 5.73. The number of alkyl halides is 2. The van der Waals surface area contributed by atoms with Gasteiger partial charge in [0.15, 0.2) is 5.60 Å². The van der Waals surface area contributed by atoms with Crippen LogP contribution in [0, 0.1) is 0 Å². The highest BCUT2D eigenvalue weighted by Crippen LogP contribution is 2.59. The number of aliphatic hydroxyl groups is 1. The van der Waals surface area contributed by atoms with Crippen LogP contribution in [0.15, 0.2) is 24.3 Å². The first-order valence-corrected chi connectivity index (χ1v) is 10.4. The van der Waals surface area contributed by atoms with Gasteiger partial charge in [-0.1, -0.05) is 12.1 Å². The molecule has 1 fully saturated rings. The van der Waals surface area contributed by atoms with E-state index in [0.717, 1.165) is 17.7 Å². The number of aliphatic hydroxyl groups excluding tert-OH is 1. The summed E-state index contributed by atoms with van der Waals surface area (Å²) < 4.78 is 5.20. The molecule has 0 saturated heterocycles. The summed E-state index contributed by atoms with van der Waals surface area (Å²) in [6, 6.07) is 7.24. The molecule has 0 heterocycles. The van der Waals surface area contributed by atoms with Crippen LogP contribution < -0.4 is 10.1 Å². The van der Waals surface area contributed by atoms with E-state index < -0.39 is 9.93 Å². The number of benzene rings is 1. The van der Waals surface area contributed by atoms with Crippen LogP contribution in [0.1, 0.15) is 38.2 Å². The third-order valence-electron chi connectivity index (χ3n) is 4.25. The molecule has 1 aromatic carbocycles. The molecule has 0 aliphatic heterocycles. The molecule has 7 heteroatoms. The Morgan fingerprint density at radius 1 is 1.44 bits per heavy atom. The minimum atomic E-state index is -1.05. The number of carbonyl (C=O) groups excluding carboxylic acids is 1. The average molecular weight is 406 g/mol. The van der Waals surface area contributed by atoms with Gasteiger partial charge in [-0.2, -0.15) is 11.8 Å². The second kappa shape index (κ2) is 8.38. The van der Waals surface area contributed by atoms with Crippen LogP contribution >= 0.6 is 35.0 Å². The number of amides is 1. The lowest BCUT2D eigenvalue weighted by Gasteiger charge is -2.28. The quantitative estimate of drug-likeness (QED) is 0.614. The minimum absolute atomic E-state index is 0.0862. The fourth-order valence-corrected chi connectivity index (χ4v) is 3.59. The molecule has 140 valence electrons. The van der Waals surface area contributed by atoms with Crippen LogP contribution in [-0.2, 0) is 4.79 Å². The molecular formula is C18H25Cl2NO3S. The van der Waals surface area contributed by atoms with Crippen molar-refractivity contribution in [3.05, 3.63) is 29.8 Å². The van der Waals surface area contributed by atoms with E-state index in [9.17, 15) is 9.90 Å². The van der Waals surface area contributed by atoms with Gasteiger partial charge in [0.2, 0.25) is 0 Å². The van der Waals surface area contributed by atoms with Crippen molar-refractivity contribution < 1.29 is 14.6 Å². The fourth-order valence-electron chi connectivity index (χ4n) is 2.51. The van der Waals surface area contributed by atoms with Crippen LogP contribution in [0.3, 0.4) is 0 Å². The highest BCUT2D eigenvalue weighted by atomic mass is 35.5. The van der Waals surface area contributed by atoms with Gasteiger partial charge >= 0.3 is 0 Å². The monoisotopic (exact) mass is 405 g/mol. The number of ether oxygens (including phenoxy) is 1. The van der Waals surface area contributed by atoms with Crippen molar-refractivity contribution in [3.8, 4) is 5.75 Å². The number of hydrogen-bond donors (Lipinski definition) is 2. The summed E-state index contributed by atoms with van der Waals surface area (Å²) in [6.07, 6.45) is 3.46. The molecule has 2 rings (SSSR count). The second-order valence-corrected chi connectivity index (χ2v) is 9.36. The number of halogens is 2. The summed E-state index contributed by atoms with van der Waals surface area (Å²) in [7, 11) is 0. The van der Waals surface area contributed by atoms with Crippen molar-refractivity contribution >= 4 is 40.9 Å². The van der Waals surface area contributed by atoms with E-state index in [1.807, 2.05) is 30.5 Å². The average Bonchev–Trinajstić information content (AvgIpc) is 3.20. The minimum Gasteiger partial charge on any atom is -0.478 e. The lowest BCUT2D eigenvalue weighted by atomic mass is 10.1. The standard InChI is InChI=1S/C18H25Cl2NO3S/c1-17(2,16(23)21-13(11-22)8-9-25-3)24-14-6-4-12(5-7-14)15-10-18(15,19)20/h4-7,13,15,22H,8-11H2,1-3H3,(H,21,23)/t13-,15?/m0/s1. The van der Waals surface area contributed by atoms with Gasteiger partial charge in [-0.05, 0) is 56.4 Å². The zero-order valence-electron chi connectivity index (χ0n) is 14.7. The summed E-state index contributed by atoms with van der Waals surface area (Å²) in [4.78, 5) is 12.5. The molecule has 2 N–H and O–H groups in total. The topological polar surface area (TPSA) is 58.6 Å². The lowest BCUT2D eigenvalue weighted by molar-refractivity contribution is -0.135. The summed E-state index contributed by atoms with van der Waals surface area (Å²) in [5, 5.41) is 12.3. The molecule has 4 nitrogen and oxygen atoms in total. The Morgan fingerprint density at radius 3 is 2.52 bits per heavy atom. The van der Waals surface area contributed by atoms with Gasteiger partial charge in [-0.3, -0.25) is 4.79 Å². The zero-order valence-corrected chi connectivity index (χ0v) is 17.0. The summed E-state index contributed by atoms with van der Waals surface area (Å²) >= 11 is 13.9. The maximum absolute atomic E-state index is 12.5. The first kappa shape index (κ1) is 20.7. The van der Waals surface area contributed by atoms with Crippen LogP contribution in [0.4, 0.5) is 0 Å². The number of hydrogen-bond acceptors (Lipinski definition) is 4. The second-order valence-electron chi connectivity index (χ2n) is 6.83. The van der Waals surface area contributed by atoms with E-state index in [1.165, 1.54) is 0 Å². The molecular weight excluding hydrogens is 381 g/mol. The fraction of sp³-hybridized carbons (Fsp3) is 0.611. The van der Waals surface area contributed by atoms with E-state index in [-0.39, 0.29) is 24.5 Å². The van der Waals surface area contributed by atoms with Gasteiger partial charge in [0.1, 0.15) is 10.1 Å². The Kier molecular flexibility index (Phi) is 6.94. The molecule has 0 spiro atoms. The van der Waals surface area contributed by atoms with Gasteiger partial charge < -0.3 is 15.2 Å². The normalized spacial score (nSPS) is 20.0. The van der Waals surface area contributed by atoms with Crippen LogP contribution in [-0.4, -0.2) is 45.6 Å². The summed E-state index contributed by atoms with van der Waals surface area (Å²) in [5.74, 6) is 1.38.